The zero-order valence-corrected chi connectivity index (χ0v) is 17.5. The minimum Gasteiger partial charge on any atom is -0.481 e. The van der Waals surface area contributed by atoms with Crippen LogP contribution in [-0.4, -0.2) is 46.2 Å². The van der Waals surface area contributed by atoms with Crippen LogP contribution in [0.2, 0.25) is 0 Å². The van der Waals surface area contributed by atoms with E-state index in [4.69, 9.17) is 5.73 Å². The molecule has 2 fully saturated rings. The number of aliphatic hydroxyl groups excluding tert-OH is 1. The van der Waals surface area contributed by atoms with Crippen molar-refractivity contribution in [3.8, 4) is 0 Å². The number of aliphatic carboxylic acids is 1. The molecule has 2 amide bonds. The van der Waals surface area contributed by atoms with E-state index >= 15 is 0 Å². The number of nitrogens with two attached hydrogens (primary N) is 1. The SMILES string of the molecule is NC(=O)c1ccc(N2C(=O)C(CC(=O)O)=C3CCCCC32)cc1N[C@H]1CC[C@H](O)CC1. The third-order valence-electron chi connectivity index (χ3n) is 6.68. The molecule has 0 bridgehead atoms. The van der Waals surface area contributed by atoms with Crippen LogP contribution in [-0.2, 0) is 9.59 Å². The maximum atomic E-state index is 13.2. The minimum atomic E-state index is -1.01. The normalized spacial score (nSPS) is 26.0. The van der Waals surface area contributed by atoms with Gasteiger partial charge in [-0.1, -0.05) is 6.42 Å². The number of aliphatic hydroxyl groups is 1. The lowest BCUT2D eigenvalue weighted by molar-refractivity contribution is -0.136. The number of primary amides is 1. The second kappa shape index (κ2) is 8.70. The smallest absolute Gasteiger partial charge is 0.308 e. The molecule has 8 heteroatoms. The Balaban J connectivity index is 1.65. The van der Waals surface area contributed by atoms with Gasteiger partial charge in [0.05, 0.1) is 24.1 Å². The fourth-order valence-corrected chi connectivity index (χ4v) is 5.15. The van der Waals surface area contributed by atoms with E-state index < -0.39 is 11.9 Å². The van der Waals surface area contributed by atoms with Crippen molar-refractivity contribution in [3.05, 3.63) is 34.9 Å². The second-order valence-electron chi connectivity index (χ2n) is 8.75. The number of fused-ring (bicyclic) bond motifs is 1. The summed E-state index contributed by atoms with van der Waals surface area (Å²) in [5.74, 6) is -1.82. The molecule has 2 saturated carbocycles. The Kier molecular flexibility index (Phi) is 6.00. The molecule has 31 heavy (non-hydrogen) atoms. The number of carbonyl (C=O) groups is 3. The first-order valence-corrected chi connectivity index (χ1v) is 11.0. The number of anilines is 2. The predicted molar refractivity (Wildman–Crippen MR) is 116 cm³/mol. The lowest BCUT2D eigenvalue weighted by Gasteiger charge is -2.31. The molecule has 0 aromatic heterocycles. The molecule has 5 N–H and O–H groups in total. The number of benzene rings is 1. The standard InChI is InChI=1S/C23H29N3O5/c24-22(30)17-10-7-14(11-19(17)25-13-5-8-15(27)9-6-13)26-20-4-2-1-3-16(20)18(23(26)31)12-21(28)29/h7,10-11,13,15,20,25,27H,1-6,8-9,12H2,(H2,24,30)(H,28,29)/t13-,15-,20?. The van der Waals surface area contributed by atoms with E-state index in [0.717, 1.165) is 44.1 Å². The van der Waals surface area contributed by atoms with Gasteiger partial charge in [0.25, 0.3) is 11.8 Å². The van der Waals surface area contributed by atoms with E-state index in [9.17, 15) is 24.6 Å². The summed E-state index contributed by atoms with van der Waals surface area (Å²) in [7, 11) is 0. The highest BCUT2D eigenvalue weighted by molar-refractivity contribution is 6.12. The maximum Gasteiger partial charge on any atom is 0.308 e. The average molecular weight is 428 g/mol. The molecule has 3 aliphatic rings. The van der Waals surface area contributed by atoms with Crippen LogP contribution in [0.15, 0.2) is 29.3 Å². The van der Waals surface area contributed by atoms with Crippen molar-refractivity contribution in [2.75, 3.05) is 10.2 Å². The number of hydrogen-bond acceptors (Lipinski definition) is 5. The predicted octanol–water partition coefficient (Wildman–Crippen LogP) is 2.56. The molecular formula is C23H29N3O5. The summed E-state index contributed by atoms with van der Waals surface area (Å²) in [6, 6.07) is 5.09. The van der Waals surface area contributed by atoms with Gasteiger partial charge < -0.3 is 26.2 Å². The van der Waals surface area contributed by atoms with Crippen LogP contribution in [0, 0.1) is 0 Å². The fraction of sp³-hybridized carbons (Fsp3) is 0.522. The van der Waals surface area contributed by atoms with Gasteiger partial charge in [-0.25, -0.2) is 0 Å². The third kappa shape index (κ3) is 4.30. The Labute approximate surface area is 181 Å². The Bertz CT molecular complexity index is 933. The Morgan fingerprint density at radius 2 is 1.87 bits per heavy atom. The molecule has 1 unspecified atom stereocenters. The lowest BCUT2D eigenvalue weighted by Crippen LogP contribution is -2.37. The molecule has 1 aromatic rings. The van der Waals surface area contributed by atoms with E-state index in [1.54, 1.807) is 23.1 Å². The number of hydrogen-bond donors (Lipinski definition) is 4. The molecular weight excluding hydrogens is 398 g/mol. The summed E-state index contributed by atoms with van der Waals surface area (Å²) < 4.78 is 0. The summed E-state index contributed by atoms with van der Waals surface area (Å²) in [4.78, 5) is 38.3. The fourth-order valence-electron chi connectivity index (χ4n) is 5.15. The Morgan fingerprint density at radius 3 is 2.55 bits per heavy atom. The largest absolute Gasteiger partial charge is 0.481 e. The number of nitrogens with zero attached hydrogens (tertiary/aromatic N) is 1. The molecule has 2 aliphatic carbocycles. The number of nitrogens with one attached hydrogen (secondary N) is 1. The first-order chi connectivity index (χ1) is 14.8. The zero-order chi connectivity index (χ0) is 22.1. The van der Waals surface area contributed by atoms with Gasteiger partial charge in [-0.05, 0) is 68.7 Å². The Morgan fingerprint density at radius 1 is 1.13 bits per heavy atom. The lowest BCUT2D eigenvalue weighted by atomic mass is 9.88. The molecule has 1 aliphatic heterocycles. The molecule has 0 saturated heterocycles. The monoisotopic (exact) mass is 427 g/mol. The number of carboxylic acid groups (broad SMARTS) is 1. The third-order valence-corrected chi connectivity index (χ3v) is 6.68. The first-order valence-electron chi connectivity index (χ1n) is 11.0. The molecule has 1 heterocycles. The van der Waals surface area contributed by atoms with Crippen molar-refractivity contribution >= 4 is 29.2 Å². The van der Waals surface area contributed by atoms with Gasteiger partial charge in [0.15, 0.2) is 0 Å². The number of amides is 2. The molecule has 8 nitrogen and oxygen atoms in total. The summed E-state index contributed by atoms with van der Waals surface area (Å²) in [5.41, 5.74) is 8.48. The van der Waals surface area contributed by atoms with Crippen LogP contribution in [0.5, 0.6) is 0 Å². The highest BCUT2D eigenvalue weighted by atomic mass is 16.4. The number of carbonyl (C=O) groups excluding carboxylic acids is 2. The van der Waals surface area contributed by atoms with Gasteiger partial charge in [0.2, 0.25) is 0 Å². The molecule has 4 rings (SSSR count). The van der Waals surface area contributed by atoms with Crippen molar-refractivity contribution in [2.24, 2.45) is 5.73 Å². The van der Waals surface area contributed by atoms with E-state index in [0.29, 0.717) is 35.4 Å². The molecule has 0 radical (unpaired) electrons. The highest BCUT2D eigenvalue weighted by Crippen LogP contribution is 2.41. The van der Waals surface area contributed by atoms with Crippen LogP contribution in [0.1, 0.15) is 68.1 Å². The van der Waals surface area contributed by atoms with Gasteiger partial charge in [-0.2, -0.15) is 0 Å². The van der Waals surface area contributed by atoms with Gasteiger partial charge >= 0.3 is 5.97 Å². The quantitative estimate of drug-likeness (QED) is 0.551. The molecule has 1 aromatic carbocycles. The van der Waals surface area contributed by atoms with E-state index in [-0.39, 0.29) is 30.5 Å². The second-order valence-corrected chi connectivity index (χ2v) is 8.75. The van der Waals surface area contributed by atoms with Crippen LogP contribution in [0.3, 0.4) is 0 Å². The maximum absolute atomic E-state index is 13.2. The number of carboxylic acids is 1. The summed E-state index contributed by atoms with van der Waals surface area (Å²) in [6.07, 6.45) is 5.87. The number of rotatable bonds is 6. The first kappa shape index (κ1) is 21.4. The van der Waals surface area contributed by atoms with Crippen LogP contribution in [0.25, 0.3) is 0 Å². The summed E-state index contributed by atoms with van der Waals surface area (Å²) in [6.45, 7) is 0. The minimum absolute atomic E-state index is 0.108. The average Bonchev–Trinajstić information content (AvgIpc) is 3.00. The van der Waals surface area contributed by atoms with Gasteiger partial charge in [-0.15, -0.1) is 0 Å². The van der Waals surface area contributed by atoms with Crippen molar-refractivity contribution in [1.82, 2.24) is 0 Å². The summed E-state index contributed by atoms with van der Waals surface area (Å²) >= 11 is 0. The zero-order valence-electron chi connectivity index (χ0n) is 17.5. The molecule has 0 spiro atoms. The van der Waals surface area contributed by atoms with Crippen molar-refractivity contribution in [1.29, 1.82) is 0 Å². The van der Waals surface area contributed by atoms with Crippen LogP contribution >= 0.6 is 0 Å². The Hall–Kier alpha value is -2.87. The van der Waals surface area contributed by atoms with E-state index in [1.165, 1.54) is 0 Å². The molecule has 166 valence electrons. The van der Waals surface area contributed by atoms with Gasteiger partial charge in [-0.3, -0.25) is 14.4 Å². The van der Waals surface area contributed by atoms with Gasteiger partial charge in [0, 0.05) is 23.0 Å². The van der Waals surface area contributed by atoms with Gasteiger partial charge in [0.1, 0.15) is 0 Å². The van der Waals surface area contributed by atoms with E-state index in [1.807, 2.05) is 0 Å². The summed E-state index contributed by atoms with van der Waals surface area (Å²) in [5, 5.41) is 22.4. The van der Waals surface area contributed by atoms with Crippen molar-refractivity contribution in [3.63, 3.8) is 0 Å². The van der Waals surface area contributed by atoms with Crippen molar-refractivity contribution in [2.45, 2.75) is 76.0 Å². The van der Waals surface area contributed by atoms with Crippen LogP contribution in [0.4, 0.5) is 11.4 Å². The van der Waals surface area contributed by atoms with E-state index in [2.05, 4.69) is 5.32 Å². The topological polar surface area (TPSA) is 133 Å². The van der Waals surface area contributed by atoms with Crippen LogP contribution < -0.4 is 16.0 Å². The van der Waals surface area contributed by atoms with Crippen molar-refractivity contribution < 1.29 is 24.6 Å². The molecule has 1 atom stereocenters. The highest BCUT2D eigenvalue weighted by Gasteiger charge is 2.41.